The molecule has 0 bridgehead atoms. The number of methoxy groups -OCH3 is 1. The third-order valence-corrected chi connectivity index (χ3v) is 4.54. The number of fused-ring (bicyclic) bond motifs is 1. The van der Waals surface area contributed by atoms with Crippen LogP contribution in [0.1, 0.15) is 12.8 Å². The van der Waals surface area contributed by atoms with E-state index in [0.29, 0.717) is 5.65 Å². The fraction of sp³-hybridized carbons (Fsp3) is 0.278. The maximum Gasteiger partial charge on any atom is 0.200 e. The fourth-order valence-electron chi connectivity index (χ4n) is 3.08. The molecule has 1 aliphatic rings. The molecule has 7 nitrogen and oxygen atoms in total. The van der Waals surface area contributed by atoms with Crippen LogP contribution in [0.15, 0.2) is 48.8 Å². The number of nitrogens with one attached hydrogen (secondary N) is 1. The maximum atomic E-state index is 9.87. The van der Waals surface area contributed by atoms with Gasteiger partial charge in [0.1, 0.15) is 12.1 Å². The van der Waals surface area contributed by atoms with Gasteiger partial charge in [-0.25, -0.2) is 0 Å². The predicted octanol–water partition coefficient (Wildman–Crippen LogP) is 2.29. The van der Waals surface area contributed by atoms with Gasteiger partial charge in [-0.15, -0.1) is 10.2 Å². The van der Waals surface area contributed by atoms with Gasteiger partial charge < -0.3 is 15.2 Å². The summed E-state index contributed by atoms with van der Waals surface area (Å²) in [5, 5.41) is 26.0. The van der Waals surface area contributed by atoms with E-state index in [1.165, 1.54) is 0 Å². The number of aliphatic hydroxyl groups excluding tert-OH is 1. The van der Waals surface area contributed by atoms with Crippen LogP contribution >= 0.6 is 0 Å². The highest BCUT2D eigenvalue weighted by Gasteiger charge is 2.31. The van der Waals surface area contributed by atoms with Gasteiger partial charge >= 0.3 is 0 Å². The lowest BCUT2D eigenvalue weighted by Gasteiger charge is -2.29. The summed E-state index contributed by atoms with van der Waals surface area (Å²) in [5.41, 5.74) is 2.79. The summed E-state index contributed by atoms with van der Waals surface area (Å²) < 4.78 is 6.86. The van der Waals surface area contributed by atoms with Gasteiger partial charge in [0.2, 0.25) is 5.65 Å². The largest absolute Gasteiger partial charge is 0.497 e. The predicted molar refractivity (Wildman–Crippen MR) is 94.6 cm³/mol. The van der Waals surface area contributed by atoms with Crippen LogP contribution in [0.3, 0.4) is 0 Å². The second kappa shape index (κ2) is 6.18. The van der Waals surface area contributed by atoms with Crippen LogP contribution in [-0.2, 0) is 0 Å². The smallest absolute Gasteiger partial charge is 0.200 e. The van der Waals surface area contributed by atoms with Crippen molar-refractivity contribution in [1.29, 1.82) is 0 Å². The average molecular weight is 337 g/mol. The Labute approximate surface area is 145 Å². The third-order valence-electron chi connectivity index (χ3n) is 4.54. The van der Waals surface area contributed by atoms with Crippen molar-refractivity contribution < 1.29 is 9.84 Å². The normalized spacial score (nSPS) is 15.6. The molecule has 1 aliphatic carbocycles. The van der Waals surface area contributed by atoms with E-state index in [2.05, 4.69) is 32.8 Å². The minimum atomic E-state index is -0.398. The molecule has 0 amide bonds. The molecule has 128 valence electrons. The fourth-order valence-corrected chi connectivity index (χ4v) is 3.08. The minimum absolute atomic E-state index is 0.0422. The summed E-state index contributed by atoms with van der Waals surface area (Å²) >= 11 is 0. The third kappa shape index (κ3) is 2.83. The topological polar surface area (TPSA) is 84.6 Å². The molecule has 3 aromatic rings. The van der Waals surface area contributed by atoms with Gasteiger partial charge in [0.15, 0.2) is 0 Å². The van der Waals surface area contributed by atoms with E-state index in [9.17, 15) is 5.11 Å². The van der Waals surface area contributed by atoms with Crippen molar-refractivity contribution in [3.63, 3.8) is 0 Å². The molecule has 0 unspecified atom stereocenters. The molecule has 0 fully saturated rings. The Hall–Kier alpha value is -2.93. The molecule has 0 aliphatic heterocycles. The Morgan fingerprint density at radius 2 is 2.00 bits per heavy atom. The lowest BCUT2D eigenvalue weighted by atomic mass is 9.97. The Kier molecular flexibility index (Phi) is 3.85. The van der Waals surface area contributed by atoms with E-state index >= 15 is 0 Å². The second-order valence-corrected chi connectivity index (χ2v) is 6.21. The molecule has 0 spiro atoms. The summed E-state index contributed by atoms with van der Waals surface area (Å²) in [5.74, 6) is 0.795. The van der Waals surface area contributed by atoms with Crippen LogP contribution in [-0.4, -0.2) is 44.2 Å². The molecule has 0 radical (unpaired) electrons. The molecule has 2 aromatic heterocycles. The minimum Gasteiger partial charge on any atom is -0.497 e. The van der Waals surface area contributed by atoms with E-state index in [1.807, 2.05) is 30.3 Å². The van der Waals surface area contributed by atoms with Crippen LogP contribution in [0.2, 0.25) is 0 Å². The van der Waals surface area contributed by atoms with Crippen molar-refractivity contribution in [2.75, 3.05) is 19.0 Å². The standard InChI is InChI=1S/C18H19N5O2/c1-25-14-6-4-13(5-7-14)15-10-16(17-21-19-12-23(17)22-15)20-18(11-24)8-2-3-9-18/h2-7,10,12,20,24H,8-9,11H2,1H3. The van der Waals surface area contributed by atoms with Crippen molar-refractivity contribution >= 4 is 11.3 Å². The van der Waals surface area contributed by atoms with E-state index in [-0.39, 0.29) is 6.61 Å². The Morgan fingerprint density at radius 1 is 1.24 bits per heavy atom. The van der Waals surface area contributed by atoms with Crippen LogP contribution in [0.5, 0.6) is 5.75 Å². The number of aliphatic hydroxyl groups is 1. The zero-order chi connectivity index (χ0) is 17.3. The molecular weight excluding hydrogens is 318 g/mol. The Morgan fingerprint density at radius 3 is 2.68 bits per heavy atom. The van der Waals surface area contributed by atoms with Crippen molar-refractivity contribution in [2.45, 2.75) is 18.4 Å². The number of nitrogens with zero attached hydrogens (tertiary/aromatic N) is 4. The van der Waals surface area contributed by atoms with Gasteiger partial charge in [-0.2, -0.15) is 9.61 Å². The summed E-state index contributed by atoms with van der Waals surface area (Å²) in [6, 6.07) is 9.66. The highest BCUT2D eigenvalue weighted by atomic mass is 16.5. The number of hydrogen-bond donors (Lipinski definition) is 2. The van der Waals surface area contributed by atoms with Gasteiger partial charge in [0, 0.05) is 5.56 Å². The molecule has 0 saturated heterocycles. The molecule has 1 aromatic carbocycles. The van der Waals surface area contributed by atoms with Crippen LogP contribution in [0.25, 0.3) is 16.9 Å². The zero-order valence-electron chi connectivity index (χ0n) is 13.9. The summed E-state index contributed by atoms with van der Waals surface area (Å²) in [6.07, 6.45) is 7.27. The quantitative estimate of drug-likeness (QED) is 0.695. The molecule has 0 saturated carbocycles. The van der Waals surface area contributed by atoms with Crippen molar-refractivity contribution in [2.24, 2.45) is 0 Å². The second-order valence-electron chi connectivity index (χ2n) is 6.21. The molecule has 0 atom stereocenters. The van der Waals surface area contributed by atoms with Crippen molar-refractivity contribution in [3.8, 4) is 17.0 Å². The first-order chi connectivity index (χ1) is 12.2. The molecule has 4 rings (SSSR count). The maximum absolute atomic E-state index is 9.87. The number of rotatable bonds is 5. The lowest BCUT2D eigenvalue weighted by molar-refractivity contribution is 0.218. The van der Waals surface area contributed by atoms with E-state index < -0.39 is 5.54 Å². The Balaban J connectivity index is 1.76. The average Bonchev–Trinajstić information content (AvgIpc) is 3.31. The van der Waals surface area contributed by atoms with E-state index in [0.717, 1.165) is 35.5 Å². The SMILES string of the molecule is COc1ccc(-c2cc(NC3(CO)CC=CC3)c3nncn3n2)cc1. The highest BCUT2D eigenvalue weighted by Crippen LogP contribution is 2.31. The van der Waals surface area contributed by atoms with Gasteiger partial charge in [0.05, 0.1) is 30.6 Å². The number of hydrogen-bond acceptors (Lipinski definition) is 6. The first-order valence-corrected chi connectivity index (χ1v) is 8.13. The Bertz CT molecular complexity index is 909. The molecular formula is C18H19N5O2. The van der Waals surface area contributed by atoms with Crippen LogP contribution in [0, 0.1) is 0 Å². The molecule has 25 heavy (non-hydrogen) atoms. The first-order valence-electron chi connectivity index (χ1n) is 8.13. The first kappa shape index (κ1) is 15.6. The number of anilines is 1. The zero-order valence-corrected chi connectivity index (χ0v) is 13.9. The van der Waals surface area contributed by atoms with E-state index in [1.54, 1.807) is 18.0 Å². The van der Waals surface area contributed by atoms with Crippen molar-refractivity contribution in [1.82, 2.24) is 19.8 Å². The van der Waals surface area contributed by atoms with E-state index in [4.69, 9.17) is 4.74 Å². The summed E-state index contributed by atoms with van der Waals surface area (Å²) in [7, 11) is 1.64. The van der Waals surface area contributed by atoms with Gasteiger partial charge in [-0.1, -0.05) is 12.2 Å². The number of aromatic nitrogens is 4. The molecule has 2 heterocycles. The monoisotopic (exact) mass is 337 g/mol. The number of ether oxygens (including phenoxy) is 1. The lowest BCUT2D eigenvalue weighted by Crippen LogP contribution is -2.39. The highest BCUT2D eigenvalue weighted by molar-refractivity contribution is 5.74. The molecule has 7 heteroatoms. The number of benzene rings is 1. The van der Waals surface area contributed by atoms with Gasteiger partial charge in [-0.05, 0) is 43.2 Å². The summed E-state index contributed by atoms with van der Waals surface area (Å²) in [6.45, 7) is 0.0422. The van der Waals surface area contributed by atoms with Crippen LogP contribution < -0.4 is 10.1 Å². The van der Waals surface area contributed by atoms with Gasteiger partial charge in [0.25, 0.3) is 0 Å². The van der Waals surface area contributed by atoms with Crippen molar-refractivity contribution in [3.05, 3.63) is 48.8 Å². The van der Waals surface area contributed by atoms with Gasteiger partial charge in [-0.3, -0.25) is 0 Å². The van der Waals surface area contributed by atoms with Crippen LogP contribution in [0.4, 0.5) is 5.69 Å². The summed E-state index contributed by atoms with van der Waals surface area (Å²) in [4.78, 5) is 0. The molecule has 2 N–H and O–H groups in total.